The fourth-order valence-electron chi connectivity index (χ4n) is 2.81. The van der Waals surface area contributed by atoms with E-state index in [-0.39, 0.29) is 5.91 Å². The van der Waals surface area contributed by atoms with Gasteiger partial charge in [0.1, 0.15) is 0 Å². The van der Waals surface area contributed by atoms with Crippen LogP contribution in [0.2, 0.25) is 0 Å². The molecule has 0 saturated heterocycles. The molecule has 0 aliphatic heterocycles. The van der Waals surface area contributed by atoms with Gasteiger partial charge in [0.25, 0.3) is 0 Å². The Bertz CT molecular complexity index is 1070. The topological polar surface area (TPSA) is 64.2 Å². The van der Waals surface area contributed by atoms with Gasteiger partial charge >= 0.3 is 0 Å². The lowest BCUT2D eigenvalue weighted by Crippen LogP contribution is -2.24. The second-order valence-electron chi connectivity index (χ2n) is 6.19. The van der Waals surface area contributed by atoms with Crippen LogP contribution in [-0.2, 0) is 11.3 Å². The van der Waals surface area contributed by atoms with E-state index in [0.29, 0.717) is 12.3 Å². The van der Waals surface area contributed by atoms with Crippen LogP contribution in [0.15, 0.2) is 53.5 Å². The van der Waals surface area contributed by atoms with Gasteiger partial charge in [0.2, 0.25) is 5.91 Å². The Morgan fingerprint density at radius 3 is 3.04 bits per heavy atom. The molecule has 3 heterocycles. The number of nitrogens with zero attached hydrogens (tertiary/aromatic N) is 4. The summed E-state index contributed by atoms with van der Waals surface area (Å²) in [5.74, 6) is 0.274. The first kappa shape index (κ1) is 17.8. The minimum absolute atomic E-state index is 0.0353. The number of hydrogen-bond acceptors (Lipinski definition) is 5. The van der Waals surface area contributed by atoms with Crippen LogP contribution in [0.4, 0.5) is 0 Å². The van der Waals surface area contributed by atoms with E-state index in [1.54, 1.807) is 17.5 Å². The summed E-state index contributed by atoms with van der Waals surface area (Å²) in [5, 5.41) is 5.72. The number of nitrogens with one attached hydrogen (secondary N) is 1. The highest BCUT2D eigenvalue weighted by atomic mass is 32.2. The van der Waals surface area contributed by atoms with Crippen molar-refractivity contribution in [1.29, 1.82) is 0 Å². The monoisotopic (exact) mass is 397 g/mol. The zero-order chi connectivity index (χ0) is 18.8. The van der Waals surface area contributed by atoms with Crippen LogP contribution in [0, 0.1) is 13.8 Å². The molecule has 0 atom stereocenters. The van der Waals surface area contributed by atoms with Gasteiger partial charge in [0, 0.05) is 30.2 Å². The van der Waals surface area contributed by atoms with Gasteiger partial charge in [-0.2, -0.15) is 0 Å². The largest absolute Gasteiger partial charge is 0.350 e. The van der Waals surface area contributed by atoms with E-state index in [0.717, 1.165) is 21.5 Å². The predicted molar refractivity (Wildman–Crippen MR) is 109 cm³/mol. The maximum atomic E-state index is 12.2. The number of fused-ring (bicyclic) bond motifs is 1. The summed E-state index contributed by atoms with van der Waals surface area (Å²) < 4.78 is 3.99. The summed E-state index contributed by atoms with van der Waals surface area (Å²) in [5.41, 5.74) is 4.39. The molecule has 27 heavy (non-hydrogen) atoms. The summed E-state index contributed by atoms with van der Waals surface area (Å²) >= 11 is 3.01. The first-order valence-corrected chi connectivity index (χ1v) is 10.4. The lowest BCUT2D eigenvalue weighted by Gasteiger charge is -2.12. The van der Waals surface area contributed by atoms with Gasteiger partial charge in [-0.3, -0.25) is 13.8 Å². The van der Waals surface area contributed by atoms with Crippen molar-refractivity contribution in [2.75, 3.05) is 5.75 Å². The van der Waals surface area contributed by atoms with Gasteiger partial charge in [-0.05, 0) is 31.0 Å². The van der Waals surface area contributed by atoms with Crippen molar-refractivity contribution in [2.24, 2.45) is 0 Å². The SMILES string of the molecule is Cc1cccc(-n2ccnc2SCC(=O)NCc2cn3ccsc3n2)c1C. The molecule has 0 spiro atoms. The number of imidazole rings is 2. The first-order chi connectivity index (χ1) is 13.1. The highest BCUT2D eigenvalue weighted by molar-refractivity contribution is 7.99. The second kappa shape index (κ2) is 7.58. The number of carbonyl (C=O) groups excluding carboxylic acids is 1. The van der Waals surface area contributed by atoms with Crippen molar-refractivity contribution in [2.45, 2.75) is 25.5 Å². The second-order valence-corrected chi connectivity index (χ2v) is 8.00. The minimum Gasteiger partial charge on any atom is -0.350 e. The Balaban J connectivity index is 1.37. The maximum absolute atomic E-state index is 12.2. The van der Waals surface area contributed by atoms with Crippen LogP contribution >= 0.6 is 23.1 Å². The Kier molecular flexibility index (Phi) is 5.00. The smallest absolute Gasteiger partial charge is 0.230 e. The Morgan fingerprint density at radius 1 is 1.30 bits per heavy atom. The Morgan fingerprint density at radius 2 is 2.19 bits per heavy atom. The number of hydrogen-bond donors (Lipinski definition) is 1. The third-order valence-corrected chi connectivity index (χ3v) is 6.12. The molecular weight excluding hydrogens is 378 g/mol. The molecule has 8 heteroatoms. The number of thiazole rings is 1. The molecule has 1 N–H and O–H groups in total. The lowest BCUT2D eigenvalue weighted by atomic mass is 10.1. The number of carbonyl (C=O) groups is 1. The lowest BCUT2D eigenvalue weighted by molar-refractivity contribution is -0.118. The van der Waals surface area contributed by atoms with E-state index in [2.05, 4.69) is 41.3 Å². The molecule has 0 radical (unpaired) electrons. The van der Waals surface area contributed by atoms with Gasteiger partial charge in [0.05, 0.1) is 23.7 Å². The van der Waals surface area contributed by atoms with E-state index in [1.807, 2.05) is 39.0 Å². The third-order valence-electron chi connectivity index (χ3n) is 4.38. The van der Waals surface area contributed by atoms with Crippen LogP contribution in [0.25, 0.3) is 10.6 Å². The molecule has 4 aromatic rings. The van der Waals surface area contributed by atoms with Gasteiger partial charge in [-0.25, -0.2) is 9.97 Å². The molecular formula is C19H19N5OS2. The van der Waals surface area contributed by atoms with E-state index in [1.165, 1.54) is 22.9 Å². The van der Waals surface area contributed by atoms with Gasteiger partial charge in [-0.15, -0.1) is 11.3 Å². The van der Waals surface area contributed by atoms with Crippen molar-refractivity contribution in [3.63, 3.8) is 0 Å². The first-order valence-electron chi connectivity index (χ1n) is 8.52. The Labute approximate surface area is 165 Å². The molecule has 0 bridgehead atoms. The van der Waals surface area contributed by atoms with Gasteiger partial charge < -0.3 is 5.32 Å². The van der Waals surface area contributed by atoms with Crippen LogP contribution in [0.3, 0.4) is 0 Å². The molecule has 1 aromatic carbocycles. The zero-order valence-corrected chi connectivity index (χ0v) is 16.7. The fraction of sp³-hybridized carbons (Fsp3) is 0.211. The number of rotatable bonds is 6. The molecule has 0 fully saturated rings. The minimum atomic E-state index is -0.0353. The van der Waals surface area contributed by atoms with Gasteiger partial charge in [0.15, 0.2) is 10.1 Å². The average molecular weight is 398 g/mol. The van der Waals surface area contributed by atoms with Crippen molar-refractivity contribution in [3.8, 4) is 5.69 Å². The molecule has 0 unspecified atom stereocenters. The van der Waals surface area contributed by atoms with E-state index < -0.39 is 0 Å². The molecule has 4 rings (SSSR count). The van der Waals surface area contributed by atoms with Crippen LogP contribution < -0.4 is 5.32 Å². The van der Waals surface area contributed by atoms with Crippen LogP contribution in [0.1, 0.15) is 16.8 Å². The molecule has 0 aliphatic rings. The summed E-state index contributed by atoms with van der Waals surface area (Å²) in [4.78, 5) is 22.0. The van der Waals surface area contributed by atoms with Crippen LogP contribution in [-0.4, -0.2) is 30.6 Å². The predicted octanol–water partition coefficient (Wildman–Crippen LogP) is 3.61. The van der Waals surface area contributed by atoms with E-state index in [9.17, 15) is 4.79 Å². The molecule has 0 saturated carbocycles. The van der Waals surface area contributed by atoms with Crippen LogP contribution in [0.5, 0.6) is 0 Å². The van der Waals surface area contributed by atoms with Crippen molar-refractivity contribution >= 4 is 34.0 Å². The summed E-state index contributed by atoms with van der Waals surface area (Å²) in [6.45, 7) is 4.62. The zero-order valence-electron chi connectivity index (χ0n) is 15.0. The fourth-order valence-corrected chi connectivity index (χ4v) is 4.32. The van der Waals surface area contributed by atoms with Gasteiger partial charge in [-0.1, -0.05) is 23.9 Å². The van der Waals surface area contributed by atoms with E-state index in [4.69, 9.17) is 0 Å². The third kappa shape index (κ3) is 3.77. The molecule has 3 aromatic heterocycles. The number of benzene rings is 1. The highest BCUT2D eigenvalue weighted by Crippen LogP contribution is 2.24. The normalized spacial score (nSPS) is 11.2. The Hall–Kier alpha value is -2.58. The number of aromatic nitrogens is 4. The van der Waals surface area contributed by atoms with E-state index >= 15 is 0 Å². The standard InChI is InChI=1S/C19H19N5OS2/c1-13-4-3-5-16(14(13)2)24-7-6-20-18(24)27-12-17(25)21-10-15-11-23-8-9-26-19(23)22-15/h3-9,11H,10,12H2,1-2H3,(H,21,25). The number of thioether (sulfide) groups is 1. The number of aryl methyl sites for hydroxylation is 1. The molecule has 138 valence electrons. The molecule has 6 nitrogen and oxygen atoms in total. The summed E-state index contributed by atoms with van der Waals surface area (Å²) in [6, 6.07) is 6.20. The molecule has 0 aliphatic carbocycles. The highest BCUT2D eigenvalue weighted by Gasteiger charge is 2.12. The average Bonchev–Trinajstić information content (AvgIpc) is 3.36. The summed E-state index contributed by atoms with van der Waals surface area (Å²) in [6.07, 6.45) is 7.59. The summed E-state index contributed by atoms with van der Waals surface area (Å²) in [7, 11) is 0. The van der Waals surface area contributed by atoms with Crippen molar-refractivity contribution in [3.05, 3.63) is 65.2 Å². The van der Waals surface area contributed by atoms with Crippen molar-refractivity contribution < 1.29 is 4.79 Å². The quantitative estimate of drug-likeness (QED) is 0.505. The molecule has 1 amide bonds. The number of amides is 1. The van der Waals surface area contributed by atoms with Crippen molar-refractivity contribution in [1.82, 2.24) is 24.3 Å². The maximum Gasteiger partial charge on any atom is 0.230 e.